The lowest BCUT2D eigenvalue weighted by Gasteiger charge is -2.09. The Hall–Kier alpha value is -1.48. The maximum atomic E-state index is 8.00. The minimum Gasteiger partial charge on any atom is -0.496 e. The zero-order valence-corrected chi connectivity index (χ0v) is 9.87. The van der Waals surface area contributed by atoms with Gasteiger partial charge in [0, 0.05) is 26.3 Å². The van der Waals surface area contributed by atoms with E-state index in [0.29, 0.717) is 6.42 Å². The van der Waals surface area contributed by atoms with Gasteiger partial charge < -0.3 is 14.6 Å². The van der Waals surface area contributed by atoms with Crippen LogP contribution >= 0.6 is 0 Å². The van der Waals surface area contributed by atoms with E-state index in [1.165, 1.54) is 0 Å². The molecule has 3 nitrogen and oxygen atoms in total. The third-order valence-electron chi connectivity index (χ3n) is 2.55. The first kappa shape index (κ1) is 8.65. The van der Waals surface area contributed by atoms with Gasteiger partial charge in [-0.3, -0.25) is 0 Å². The highest BCUT2D eigenvalue weighted by Gasteiger charge is 2.08. The second kappa shape index (κ2) is 4.58. The van der Waals surface area contributed by atoms with Crippen LogP contribution in [0.4, 0.5) is 0 Å². The predicted octanol–water partition coefficient (Wildman–Crippen LogP) is 2.28. The van der Waals surface area contributed by atoms with E-state index in [9.17, 15) is 0 Å². The van der Waals surface area contributed by atoms with Gasteiger partial charge in [0.2, 0.25) is 0 Å². The van der Waals surface area contributed by atoms with Crippen LogP contribution in [0.15, 0.2) is 24.4 Å². The minimum atomic E-state index is -1.38. The number of rotatable bonds is 4. The van der Waals surface area contributed by atoms with Crippen LogP contribution in [0.5, 0.6) is 5.75 Å². The molecule has 0 amide bonds. The molecule has 16 heavy (non-hydrogen) atoms. The van der Waals surface area contributed by atoms with E-state index in [4.69, 9.17) is 7.48 Å². The van der Waals surface area contributed by atoms with Crippen LogP contribution in [0, 0.1) is 0 Å². The molecule has 2 rings (SSSR count). The second-order valence-corrected chi connectivity index (χ2v) is 3.93. The van der Waals surface area contributed by atoms with Crippen LogP contribution in [-0.4, -0.2) is 37.6 Å². The number of aromatic nitrogens is 1. The zero-order chi connectivity index (χ0) is 13.3. The third kappa shape index (κ3) is 2.04. The van der Waals surface area contributed by atoms with Gasteiger partial charge in [-0.1, -0.05) is 6.07 Å². The molecule has 0 saturated carbocycles. The first-order valence-corrected chi connectivity index (χ1v) is 5.26. The number of nitrogens with one attached hydrogen (secondary N) is 1. The standard InChI is InChI=1S/C13H18N2O/c1-15(2)8-7-10-9-14-11-5-4-6-12(16-3)13(10)11/h4-6,9,14H,7-8H2,1-3H3/i8D2. The summed E-state index contributed by atoms with van der Waals surface area (Å²) in [6.45, 7) is -1.38. The molecule has 86 valence electrons. The fourth-order valence-electron chi connectivity index (χ4n) is 1.77. The van der Waals surface area contributed by atoms with E-state index < -0.39 is 6.50 Å². The number of hydrogen-bond acceptors (Lipinski definition) is 2. The molecule has 0 atom stereocenters. The Morgan fingerprint density at radius 3 is 2.94 bits per heavy atom. The van der Waals surface area contributed by atoms with E-state index >= 15 is 0 Å². The topological polar surface area (TPSA) is 28.3 Å². The average molecular weight is 220 g/mol. The molecule has 0 fully saturated rings. The van der Waals surface area contributed by atoms with Gasteiger partial charge in [0.15, 0.2) is 0 Å². The van der Waals surface area contributed by atoms with E-state index in [2.05, 4.69) is 4.98 Å². The molecule has 1 heterocycles. The van der Waals surface area contributed by atoms with E-state index in [0.717, 1.165) is 22.2 Å². The Bertz CT molecular complexity index is 549. The first-order valence-electron chi connectivity index (χ1n) is 6.26. The van der Waals surface area contributed by atoms with Gasteiger partial charge in [-0.05, 0) is 38.2 Å². The van der Waals surface area contributed by atoms with E-state index in [1.807, 2.05) is 24.4 Å². The van der Waals surface area contributed by atoms with Gasteiger partial charge >= 0.3 is 0 Å². The highest BCUT2D eigenvalue weighted by molar-refractivity contribution is 5.89. The monoisotopic (exact) mass is 220 g/mol. The molecule has 3 heteroatoms. The van der Waals surface area contributed by atoms with Crippen LogP contribution in [0.3, 0.4) is 0 Å². The number of methoxy groups -OCH3 is 1. The highest BCUT2D eigenvalue weighted by Crippen LogP contribution is 2.28. The van der Waals surface area contributed by atoms with Crippen LogP contribution in [0.1, 0.15) is 8.30 Å². The van der Waals surface area contributed by atoms with E-state index in [-0.39, 0.29) is 0 Å². The SMILES string of the molecule is [2H]C([2H])(Cc1c[nH]c2cccc(OC)c12)N(C)C. The third-order valence-corrected chi connectivity index (χ3v) is 2.55. The van der Waals surface area contributed by atoms with Gasteiger partial charge in [-0.15, -0.1) is 0 Å². The van der Waals surface area contributed by atoms with Crippen LogP contribution in [0.2, 0.25) is 0 Å². The van der Waals surface area contributed by atoms with Gasteiger partial charge in [0.05, 0.1) is 7.11 Å². The Balaban J connectivity index is 2.46. The molecule has 0 aliphatic carbocycles. The van der Waals surface area contributed by atoms with Gasteiger partial charge in [0.25, 0.3) is 0 Å². The first-order chi connectivity index (χ1) is 8.45. The molecule has 1 N–H and O–H groups in total. The van der Waals surface area contributed by atoms with Crippen molar-refractivity contribution in [2.45, 2.75) is 6.42 Å². The van der Waals surface area contributed by atoms with Gasteiger partial charge in [-0.2, -0.15) is 0 Å². The number of aromatic amines is 1. The predicted molar refractivity (Wildman–Crippen MR) is 67.1 cm³/mol. The Morgan fingerprint density at radius 2 is 2.25 bits per heavy atom. The fraction of sp³-hybridized carbons (Fsp3) is 0.385. The minimum absolute atomic E-state index is 0.320. The van der Waals surface area contributed by atoms with Gasteiger partial charge in [0.1, 0.15) is 5.75 Å². The maximum absolute atomic E-state index is 8.00. The lowest BCUT2D eigenvalue weighted by Crippen LogP contribution is -2.14. The highest BCUT2D eigenvalue weighted by atomic mass is 16.5. The second-order valence-electron chi connectivity index (χ2n) is 3.93. The largest absolute Gasteiger partial charge is 0.496 e. The molecule has 0 aliphatic heterocycles. The van der Waals surface area contributed by atoms with Crippen molar-refractivity contribution in [3.8, 4) is 5.75 Å². The summed E-state index contributed by atoms with van der Waals surface area (Å²) in [5, 5.41) is 0.964. The zero-order valence-electron chi connectivity index (χ0n) is 11.9. The van der Waals surface area contributed by atoms with Crippen molar-refractivity contribution in [3.63, 3.8) is 0 Å². The maximum Gasteiger partial charge on any atom is 0.128 e. The van der Waals surface area contributed by atoms with Gasteiger partial charge in [-0.25, -0.2) is 0 Å². The number of hydrogen-bond donors (Lipinski definition) is 1. The number of fused-ring (bicyclic) bond motifs is 1. The number of aryl methyl sites for hydroxylation is 1. The molecule has 0 radical (unpaired) electrons. The molecular formula is C13H18N2O. The Kier molecular flexibility index (Phi) is 2.47. The molecule has 1 aromatic heterocycles. The average Bonchev–Trinajstić information content (AvgIpc) is 2.71. The molecule has 0 bridgehead atoms. The van der Waals surface area contributed by atoms with Crippen LogP contribution in [-0.2, 0) is 6.42 Å². The lowest BCUT2D eigenvalue weighted by molar-refractivity contribution is 0.411. The molecule has 2 aromatic rings. The molecular weight excluding hydrogens is 200 g/mol. The Morgan fingerprint density at radius 1 is 1.44 bits per heavy atom. The van der Waals surface area contributed by atoms with Crippen molar-refractivity contribution in [2.24, 2.45) is 0 Å². The van der Waals surface area contributed by atoms with Crippen molar-refractivity contribution in [3.05, 3.63) is 30.0 Å². The van der Waals surface area contributed by atoms with Crippen molar-refractivity contribution >= 4 is 10.9 Å². The smallest absolute Gasteiger partial charge is 0.128 e. The number of ether oxygens (including phenoxy) is 1. The molecule has 0 unspecified atom stereocenters. The quantitative estimate of drug-likeness (QED) is 0.856. The summed E-state index contributed by atoms with van der Waals surface area (Å²) in [5.74, 6) is 0.776. The molecule has 1 aromatic carbocycles. The summed E-state index contributed by atoms with van der Waals surface area (Å²) in [5.41, 5.74) is 1.90. The summed E-state index contributed by atoms with van der Waals surface area (Å²) >= 11 is 0. The number of nitrogens with zero attached hydrogens (tertiary/aromatic N) is 1. The summed E-state index contributed by atoms with van der Waals surface area (Å²) in [4.78, 5) is 4.74. The van der Waals surface area contributed by atoms with Crippen molar-refractivity contribution in [1.82, 2.24) is 9.88 Å². The Labute approximate surface area is 98.8 Å². The number of H-pyrrole nitrogens is 1. The lowest BCUT2D eigenvalue weighted by atomic mass is 10.1. The van der Waals surface area contributed by atoms with Crippen LogP contribution < -0.4 is 4.74 Å². The van der Waals surface area contributed by atoms with Crippen molar-refractivity contribution in [2.75, 3.05) is 27.7 Å². The van der Waals surface area contributed by atoms with Crippen molar-refractivity contribution < 1.29 is 7.48 Å². The van der Waals surface area contributed by atoms with E-state index in [1.54, 1.807) is 26.1 Å². The molecule has 0 saturated heterocycles. The normalized spacial score (nSPS) is 14.0. The fourth-order valence-corrected chi connectivity index (χ4v) is 1.77. The summed E-state index contributed by atoms with van der Waals surface area (Å²) in [7, 11) is 5.12. The number of likely N-dealkylation sites (N-methyl/N-ethyl adjacent to an activating group) is 1. The van der Waals surface area contributed by atoms with Crippen LogP contribution in [0.25, 0.3) is 10.9 Å². The molecule has 0 spiro atoms. The van der Waals surface area contributed by atoms with Crippen molar-refractivity contribution in [1.29, 1.82) is 0 Å². The number of benzene rings is 1. The summed E-state index contributed by atoms with van der Waals surface area (Å²) < 4.78 is 21.3. The summed E-state index contributed by atoms with van der Waals surface area (Å²) in [6, 6.07) is 5.78. The molecule has 0 aliphatic rings. The summed E-state index contributed by atoms with van der Waals surface area (Å²) in [6.07, 6.45) is 2.18.